The quantitative estimate of drug-likeness (QED) is 0.849. The molecule has 0 saturated heterocycles. The Balaban J connectivity index is 1.96. The molecule has 0 radical (unpaired) electrons. The van der Waals surface area contributed by atoms with E-state index in [1.165, 1.54) is 0 Å². The molecule has 1 heterocycles. The van der Waals surface area contributed by atoms with E-state index in [-0.39, 0.29) is 18.9 Å². The number of carbonyl (C=O) groups excluding carboxylic acids is 1. The number of fused-ring (bicyclic) bond motifs is 1. The van der Waals surface area contributed by atoms with Gasteiger partial charge < -0.3 is 10.4 Å². The van der Waals surface area contributed by atoms with Gasteiger partial charge in [0.2, 0.25) is 5.91 Å². The number of rotatable bonds is 6. The van der Waals surface area contributed by atoms with Gasteiger partial charge in [0.1, 0.15) is 6.54 Å². The van der Waals surface area contributed by atoms with Crippen LogP contribution in [0, 0.1) is 0 Å². The first-order chi connectivity index (χ1) is 9.85. The lowest BCUT2D eigenvalue weighted by Gasteiger charge is -2.25. The topological polar surface area (TPSA) is 84.2 Å². The summed E-state index contributed by atoms with van der Waals surface area (Å²) < 4.78 is 1.59. The molecule has 6 heteroatoms. The standard InChI is InChI=1S/C15H19N3O3/c1-15(2,8-7-14(20)21)16-13(19)10-18-9-11-5-3-4-6-12(11)17-18/h3-6,9H,7-8,10H2,1-2H3,(H,16,19)(H,20,21). The Morgan fingerprint density at radius 2 is 2.05 bits per heavy atom. The monoisotopic (exact) mass is 289 g/mol. The van der Waals surface area contributed by atoms with Crippen LogP contribution in [0.15, 0.2) is 30.5 Å². The van der Waals surface area contributed by atoms with Crippen molar-refractivity contribution in [2.24, 2.45) is 0 Å². The van der Waals surface area contributed by atoms with Crippen LogP contribution in [0.4, 0.5) is 0 Å². The second kappa shape index (κ2) is 5.95. The van der Waals surface area contributed by atoms with Gasteiger partial charge in [0, 0.05) is 23.5 Å². The molecule has 2 aromatic rings. The first kappa shape index (κ1) is 15.0. The van der Waals surface area contributed by atoms with Crippen molar-refractivity contribution in [2.45, 2.75) is 38.8 Å². The first-order valence-electron chi connectivity index (χ1n) is 6.81. The van der Waals surface area contributed by atoms with Gasteiger partial charge in [0.15, 0.2) is 0 Å². The third kappa shape index (κ3) is 4.30. The highest BCUT2D eigenvalue weighted by molar-refractivity contribution is 5.80. The molecule has 1 aromatic heterocycles. The smallest absolute Gasteiger partial charge is 0.303 e. The lowest BCUT2D eigenvalue weighted by Crippen LogP contribution is -2.45. The fourth-order valence-corrected chi connectivity index (χ4v) is 2.14. The van der Waals surface area contributed by atoms with E-state index < -0.39 is 11.5 Å². The van der Waals surface area contributed by atoms with Gasteiger partial charge in [-0.1, -0.05) is 18.2 Å². The zero-order valence-corrected chi connectivity index (χ0v) is 12.2. The normalized spacial score (nSPS) is 11.5. The molecule has 1 aromatic carbocycles. The third-order valence-electron chi connectivity index (χ3n) is 3.21. The van der Waals surface area contributed by atoms with Crippen LogP contribution in [0.5, 0.6) is 0 Å². The van der Waals surface area contributed by atoms with E-state index in [0.29, 0.717) is 6.42 Å². The van der Waals surface area contributed by atoms with Gasteiger partial charge in [-0.25, -0.2) is 0 Å². The molecule has 0 aliphatic carbocycles. The largest absolute Gasteiger partial charge is 0.481 e. The summed E-state index contributed by atoms with van der Waals surface area (Å²) in [6, 6.07) is 7.65. The number of benzene rings is 1. The summed E-state index contributed by atoms with van der Waals surface area (Å²) in [5.41, 5.74) is 0.289. The van der Waals surface area contributed by atoms with Crippen molar-refractivity contribution >= 4 is 22.8 Å². The molecule has 0 atom stereocenters. The number of carboxylic acid groups (broad SMARTS) is 1. The van der Waals surface area contributed by atoms with Crippen molar-refractivity contribution in [2.75, 3.05) is 0 Å². The van der Waals surface area contributed by atoms with E-state index in [9.17, 15) is 9.59 Å². The maximum absolute atomic E-state index is 12.0. The number of aliphatic carboxylic acids is 1. The highest BCUT2D eigenvalue weighted by Crippen LogP contribution is 2.13. The Bertz CT molecular complexity index is 628. The third-order valence-corrected chi connectivity index (χ3v) is 3.21. The number of carboxylic acids is 1. The molecule has 6 nitrogen and oxygen atoms in total. The van der Waals surface area contributed by atoms with Crippen LogP contribution < -0.4 is 5.32 Å². The highest BCUT2D eigenvalue weighted by Gasteiger charge is 2.21. The van der Waals surface area contributed by atoms with Gasteiger partial charge in [-0.3, -0.25) is 14.3 Å². The van der Waals surface area contributed by atoms with Crippen LogP contribution in [0.2, 0.25) is 0 Å². The zero-order valence-electron chi connectivity index (χ0n) is 12.2. The average Bonchev–Trinajstić information content (AvgIpc) is 2.77. The summed E-state index contributed by atoms with van der Waals surface area (Å²) in [7, 11) is 0. The van der Waals surface area contributed by atoms with Crippen molar-refractivity contribution in [3.63, 3.8) is 0 Å². The number of hydrogen-bond acceptors (Lipinski definition) is 3. The van der Waals surface area contributed by atoms with Crippen molar-refractivity contribution in [1.29, 1.82) is 0 Å². The summed E-state index contributed by atoms with van der Waals surface area (Å²) >= 11 is 0. The van der Waals surface area contributed by atoms with Gasteiger partial charge in [-0.15, -0.1) is 0 Å². The maximum Gasteiger partial charge on any atom is 0.303 e. The van der Waals surface area contributed by atoms with E-state index in [1.54, 1.807) is 4.68 Å². The fourth-order valence-electron chi connectivity index (χ4n) is 2.14. The number of amides is 1. The highest BCUT2D eigenvalue weighted by atomic mass is 16.4. The summed E-state index contributed by atoms with van der Waals surface area (Å²) in [4.78, 5) is 22.6. The van der Waals surface area contributed by atoms with Gasteiger partial charge >= 0.3 is 5.97 Å². The number of nitrogens with one attached hydrogen (secondary N) is 1. The summed E-state index contributed by atoms with van der Waals surface area (Å²) in [6.07, 6.45) is 2.23. The molecule has 0 bridgehead atoms. The maximum atomic E-state index is 12.0. The van der Waals surface area contributed by atoms with Crippen molar-refractivity contribution in [3.05, 3.63) is 30.5 Å². The van der Waals surface area contributed by atoms with Crippen LogP contribution in [0.25, 0.3) is 10.9 Å². The fraction of sp³-hybridized carbons (Fsp3) is 0.400. The summed E-state index contributed by atoms with van der Waals surface area (Å²) in [5.74, 6) is -1.05. The summed E-state index contributed by atoms with van der Waals surface area (Å²) in [5, 5.41) is 16.8. The minimum atomic E-state index is -0.865. The molecular weight excluding hydrogens is 270 g/mol. The molecule has 0 unspecified atom stereocenters. The van der Waals surface area contributed by atoms with Crippen LogP contribution >= 0.6 is 0 Å². The molecule has 21 heavy (non-hydrogen) atoms. The zero-order chi connectivity index (χ0) is 15.5. The van der Waals surface area contributed by atoms with E-state index in [2.05, 4.69) is 10.4 Å². The Hall–Kier alpha value is -2.37. The minimum absolute atomic E-state index is 0.0267. The molecule has 0 fully saturated rings. The second-order valence-corrected chi connectivity index (χ2v) is 5.71. The van der Waals surface area contributed by atoms with Gasteiger partial charge in [-0.05, 0) is 26.3 Å². The SMILES string of the molecule is CC(C)(CCC(=O)O)NC(=O)Cn1cc2ccccc2n1. The Kier molecular flexibility index (Phi) is 4.26. The van der Waals surface area contributed by atoms with Gasteiger partial charge in [0.25, 0.3) is 0 Å². The van der Waals surface area contributed by atoms with Crippen molar-refractivity contribution in [1.82, 2.24) is 15.1 Å². The van der Waals surface area contributed by atoms with E-state index in [1.807, 2.05) is 44.3 Å². The molecular formula is C15H19N3O3. The lowest BCUT2D eigenvalue weighted by molar-refractivity contribution is -0.137. The van der Waals surface area contributed by atoms with Crippen LogP contribution in [-0.2, 0) is 16.1 Å². The minimum Gasteiger partial charge on any atom is -0.481 e. The number of aromatic nitrogens is 2. The van der Waals surface area contributed by atoms with Crippen LogP contribution in [0.3, 0.4) is 0 Å². The first-order valence-corrected chi connectivity index (χ1v) is 6.81. The average molecular weight is 289 g/mol. The molecule has 0 spiro atoms. The van der Waals surface area contributed by atoms with Crippen molar-refractivity contribution < 1.29 is 14.7 Å². The van der Waals surface area contributed by atoms with E-state index >= 15 is 0 Å². The number of hydrogen-bond donors (Lipinski definition) is 2. The molecule has 0 saturated carbocycles. The molecule has 2 N–H and O–H groups in total. The van der Waals surface area contributed by atoms with Crippen LogP contribution in [0.1, 0.15) is 26.7 Å². The Morgan fingerprint density at radius 3 is 2.71 bits per heavy atom. The predicted molar refractivity (Wildman–Crippen MR) is 78.8 cm³/mol. The molecule has 2 rings (SSSR count). The lowest BCUT2D eigenvalue weighted by atomic mass is 9.98. The van der Waals surface area contributed by atoms with Gasteiger partial charge in [0.05, 0.1) is 5.52 Å². The molecule has 1 amide bonds. The van der Waals surface area contributed by atoms with Crippen LogP contribution in [-0.4, -0.2) is 32.3 Å². The number of carbonyl (C=O) groups is 2. The Morgan fingerprint density at radius 1 is 1.33 bits per heavy atom. The Labute approximate surface area is 122 Å². The van der Waals surface area contributed by atoms with Crippen molar-refractivity contribution in [3.8, 4) is 0 Å². The molecule has 0 aliphatic rings. The van der Waals surface area contributed by atoms with E-state index in [4.69, 9.17) is 5.11 Å². The van der Waals surface area contributed by atoms with E-state index in [0.717, 1.165) is 10.9 Å². The summed E-state index contributed by atoms with van der Waals surface area (Å²) in [6.45, 7) is 3.74. The number of nitrogens with zero attached hydrogens (tertiary/aromatic N) is 2. The molecule has 112 valence electrons. The molecule has 0 aliphatic heterocycles. The predicted octanol–water partition coefficient (Wildman–Crippen LogP) is 1.80. The van der Waals surface area contributed by atoms with Gasteiger partial charge in [-0.2, -0.15) is 5.10 Å². The second-order valence-electron chi connectivity index (χ2n) is 5.71.